The van der Waals surface area contributed by atoms with Crippen molar-refractivity contribution in [3.8, 4) is 11.9 Å². The van der Waals surface area contributed by atoms with E-state index in [0.717, 1.165) is 12.1 Å². The Morgan fingerprint density at radius 1 is 1.64 bits per heavy atom. The first kappa shape index (κ1) is 10.5. The lowest BCUT2D eigenvalue weighted by Gasteiger charge is -2.03. The number of hydrogen-bond acceptors (Lipinski definition) is 4. The van der Waals surface area contributed by atoms with Crippen LogP contribution in [0.4, 0.5) is 0 Å². The maximum absolute atomic E-state index is 8.33. The lowest BCUT2D eigenvalue weighted by molar-refractivity contribution is 0.397. The summed E-state index contributed by atoms with van der Waals surface area (Å²) in [6.07, 6.45) is 2.24. The summed E-state index contributed by atoms with van der Waals surface area (Å²) in [5, 5.41) is 11.5. The van der Waals surface area contributed by atoms with Crippen LogP contribution in [0.25, 0.3) is 0 Å². The topological polar surface area (TPSA) is 57.9 Å². The Labute approximate surface area is 83.5 Å². The summed E-state index contributed by atoms with van der Waals surface area (Å²) in [6.45, 7) is 1.45. The lowest BCUT2D eigenvalue weighted by Crippen LogP contribution is -2.14. The van der Waals surface area contributed by atoms with Crippen molar-refractivity contribution in [3.63, 3.8) is 0 Å². The molecule has 0 atom stereocenters. The number of methoxy groups -OCH3 is 1. The monoisotopic (exact) mass is 191 g/mol. The predicted molar refractivity (Wildman–Crippen MR) is 52.7 cm³/mol. The number of nitriles is 1. The van der Waals surface area contributed by atoms with Crippen molar-refractivity contribution in [3.05, 3.63) is 23.9 Å². The van der Waals surface area contributed by atoms with E-state index in [1.54, 1.807) is 13.3 Å². The summed E-state index contributed by atoms with van der Waals surface area (Å²) in [5.74, 6) is 0.615. The summed E-state index contributed by atoms with van der Waals surface area (Å²) in [5.41, 5.74) is 1.11. The van der Waals surface area contributed by atoms with Gasteiger partial charge < -0.3 is 10.1 Å². The third-order valence-electron chi connectivity index (χ3n) is 1.75. The minimum atomic E-state index is 0.530. The Bertz CT molecular complexity index is 319. The number of aromatic nitrogens is 1. The van der Waals surface area contributed by atoms with Crippen molar-refractivity contribution in [1.29, 1.82) is 5.26 Å². The molecule has 1 rings (SSSR count). The zero-order valence-electron chi connectivity index (χ0n) is 8.16. The first-order valence-corrected chi connectivity index (χ1v) is 4.43. The molecule has 0 aromatic carbocycles. The smallest absolute Gasteiger partial charge is 0.213 e. The minimum Gasteiger partial charge on any atom is -0.481 e. The molecule has 0 saturated heterocycles. The van der Waals surface area contributed by atoms with E-state index < -0.39 is 0 Å². The average Bonchev–Trinajstić information content (AvgIpc) is 2.25. The Hall–Kier alpha value is -1.60. The largest absolute Gasteiger partial charge is 0.481 e. The molecule has 1 N–H and O–H groups in total. The fourth-order valence-electron chi connectivity index (χ4n) is 1.05. The van der Waals surface area contributed by atoms with E-state index in [1.165, 1.54) is 0 Å². The van der Waals surface area contributed by atoms with Crippen LogP contribution in [-0.2, 0) is 6.54 Å². The third-order valence-corrected chi connectivity index (χ3v) is 1.75. The molecule has 0 amide bonds. The quantitative estimate of drug-likeness (QED) is 0.708. The molecule has 0 saturated carbocycles. The van der Waals surface area contributed by atoms with Crippen molar-refractivity contribution in [2.45, 2.75) is 13.0 Å². The van der Waals surface area contributed by atoms with Gasteiger partial charge in [-0.3, -0.25) is 0 Å². The second-order valence-electron chi connectivity index (χ2n) is 2.79. The van der Waals surface area contributed by atoms with Gasteiger partial charge in [0.05, 0.1) is 13.2 Å². The first-order valence-electron chi connectivity index (χ1n) is 4.43. The van der Waals surface area contributed by atoms with Crippen LogP contribution in [-0.4, -0.2) is 18.6 Å². The summed E-state index contributed by atoms with van der Waals surface area (Å²) in [7, 11) is 1.59. The van der Waals surface area contributed by atoms with Gasteiger partial charge in [-0.05, 0) is 11.6 Å². The van der Waals surface area contributed by atoms with Gasteiger partial charge in [0, 0.05) is 31.8 Å². The molecule has 0 bridgehead atoms. The molecule has 0 spiro atoms. The summed E-state index contributed by atoms with van der Waals surface area (Å²) in [6, 6.07) is 5.87. The number of rotatable bonds is 5. The van der Waals surface area contributed by atoms with Gasteiger partial charge in [0.2, 0.25) is 5.88 Å². The summed E-state index contributed by atoms with van der Waals surface area (Å²) < 4.78 is 4.99. The van der Waals surface area contributed by atoms with Crippen molar-refractivity contribution >= 4 is 0 Å². The number of hydrogen-bond donors (Lipinski definition) is 1. The molecular formula is C10H13N3O. The van der Waals surface area contributed by atoms with Gasteiger partial charge in [-0.2, -0.15) is 5.26 Å². The molecule has 1 aromatic heterocycles. The number of nitrogens with zero attached hydrogens (tertiary/aromatic N) is 2. The van der Waals surface area contributed by atoms with E-state index in [4.69, 9.17) is 10.00 Å². The van der Waals surface area contributed by atoms with Crippen LogP contribution in [0.3, 0.4) is 0 Å². The molecular weight excluding hydrogens is 178 g/mol. The molecule has 0 unspecified atom stereocenters. The van der Waals surface area contributed by atoms with Gasteiger partial charge in [-0.1, -0.05) is 0 Å². The van der Waals surface area contributed by atoms with Crippen LogP contribution in [0.1, 0.15) is 12.0 Å². The molecule has 0 aliphatic heterocycles. The Morgan fingerprint density at radius 2 is 2.50 bits per heavy atom. The van der Waals surface area contributed by atoms with E-state index in [0.29, 0.717) is 18.8 Å². The van der Waals surface area contributed by atoms with Crippen molar-refractivity contribution in [1.82, 2.24) is 10.3 Å². The van der Waals surface area contributed by atoms with Gasteiger partial charge in [-0.25, -0.2) is 4.98 Å². The number of pyridine rings is 1. The van der Waals surface area contributed by atoms with E-state index in [1.807, 2.05) is 12.1 Å². The predicted octanol–water partition coefficient (Wildman–Crippen LogP) is 1.09. The minimum absolute atomic E-state index is 0.530. The number of nitrogens with one attached hydrogen (secondary N) is 1. The zero-order valence-corrected chi connectivity index (χ0v) is 8.16. The standard InChI is InChI=1S/C10H13N3O/c1-14-10-7-9(3-6-13-10)8-12-5-2-4-11/h3,6-7,12H,2,5,8H2,1H3. The van der Waals surface area contributed by atoms with Crippen molar-refractivity contribution in [2.24, 2.45) is 0 Å². The molecule has 1 heterocycles. The second kappa shape index (κ2) is 5.95. The SMILES string of the molecule is COc1cc(CNCCC#N)ccn1. The van der Waals surface area contributed by atoms with E-state index in [-0.39, 0.29) is 0 Å². The number of ether oxygens (including phenoxy) is 1. The average molecular weight is 191 g/mol. The summed E-state index contributed by atoms with van der Waals surface area (Å²) >= 11 is 0. The third kappa shape index (κ3) is 3.42. The van der Waals surface area contributed by atoms with E-state index in [2.05, 4.69) is 16.4 Å². The van der Waals surface area contributed by atoms with Crippen molar-refractivity contribution < 1.29 is 4.74 Å². The molecule has 0 fully saturated rings. The summed E-state index contributed by atoms with van der Waals surface area (Å²) in [4.78, 5) is 4.00. The normalized spacial score (nSPS) is 9.43. The van der Waals surface area contributed by atoms with Gasteiger partial charge >= 0.3 is 0 Å². The van der Waals surface area contributed by atoms with Crippen LogP contribution >= 0.6 is 0 Å². The van der Waals surface area contributed by atoms with Crippen LogP contribution in [0, 0.1) is 11.3 Å². The van der Waals surface area contributed by atoms with Crippen LogP contribution in [0.5, 0.6) is 5.88 Å². The van der Waals surface area contributed by atoms with E-state index >= 15 is 0 Å². The molecule has 4 heteroatoms. The molecule has 1 aromatic rings. The highest BCUT2D eigenvalue weighted by Gasteiger charge is 1.95. The molecule has 4 nitrogen and oxygen atoms in total. The van der Waals surface area contributed by atoms with Crippen molar-refractivity contribution in [2.75, 3.05) is 13.7 Å². The Kier molecular flexibility index (Phi) is 4.45. The first-order chi connectivity index (χ1) is 6.86. The molecule has 74 valence electrons. The van der Waals surface area contributed by atoms with Gasteiger partial charge in [0.15, 0.2) is 0 Å². The Morgan fingerprint density at radius 3 is 3.21 bits per heavy atom. The molecule has 0 aliphatic rings. The van der Waals surface area contributed by atoms with Crippen LogP contribution in [0.15, 0.2) is 18.3 Å². The highest BCUT2D eigenvalue weighted by atomic mass is 16.5. The van der Waals surface area contributed by atoms with E-state index in [9.17, 15) is 0 Å². The van der Waals surface area contributed by atoms with Gasteiger partial charge in [-0.15, -0.1) is 0 Å². The Balaban J connectivity index is 2.39. The fraction of sp³-hybridized carbons (Fsp3) is 0.400. The molecule has 0 radical (unpaired) electrons. The van der Waals surface area contributed by atoms with Gasteiger partial charge in [0.25, 0.3) is 0 Å². The maximum atomic E-state index is 8.33. The van der Waals surface area contributed by atoms with Crippen LogP contribution < -0.4 is 10.1 Å². The molecule has 0 aliphatic carbocycles. The zero-order chi connectivity index (χ0) is 10.2. The second-order valence-corrected chi connectivity index (χ2v) is 2.79. The highest BCUT2D eigenvalue weighted by Crippen LogP contribution is 2.07. The maximum Gasteiger partial charge on any atom is 0.213 e. The fourth-order valence-corrected chi connectivity index (χ4v) is 1.05. The van der Waals surface area contributed by atoms with Gasteiger partial charge in [0.1, 0.15) is 0 Å². The highest BCUT2D eigenvalue weighted by molar-refractivity contribution is 5.20. The lowest BCUT2D eigenvalue weighted by atomic mass is 10.2. The molecule has 14 heavy (non-hydrogen) atoms. The van der Waals surface area contributed by atoms with Crippen LogP contribution in [0.2, 0.25) is 0 Å².